The molecule has 0 radical (unpaired) electrons. The van der Waals surface area contributed by atoms with Crippen molar-refractivity contribution in [2.45, 2.75) is 39.0 Å². The van der Waals surface area contributed by atoms with Crippen molar-refractivity contribution in [2.24, 2.45) is 22.7 Å². The van der Waals surface area contributed by atoms with Crippen molar-refractivity contribution < 1.29 is 0 Å². The van der Waals surface area contributed by atoms with Crippen molar-refractivity contribution in [3.05, 3.63) is 16.1 Å². The molecule has 124 valence electrons. The van der Waals surface area contributed by atoms with Crippen LogP contribution in [0.2, 0.25) is 0 Å². The van der Waals surface area contributed by atoms with Crippen LogP contribution in [0, 0.1) is 24.7 Å². The largest absolute Gasteiger partial charge is 0.356 e. The second-order valence-electron chi connectivity index (χ2n) is 6.33. The number of nitrogens with zero attached hydrogens (tertiary/aromatic N) is 2. The third-order valence-corrected chi connectivity index (χ3v) is 5.35. The molecule has 1 aromatic rings. The first kappa shape index (κ1) is 18.0. The molecule has 2 saturated carbocycles. The van der Waals surface area contributed by atoms with Gasteiger partial charge < -0.3 is 10.6 Å². The second kappa shape index (κ2) is 8.47. The Labute approximate surface area is 154 Å². The van der Waals surface area contributed by atoms with Gasteiger partial charge in [-0.15, -0.1) is 35.3 Å². The number of rotatable bonds is 7. The smallest absolute Gasteiger partial charge is 0.190 e. The lowest BCUT2D eigenvalue weighted by atomic mass is 9.98. The lowest BCUT2D eigenvalue weighted by Crippen LogP contribution is -2.41. The summed E-state index contributed by atoms with van der Waals surface area (Å²) in [5.41, 5.74) is 1.18. The lowest BCUT2D eigenvalue weighted by molar-refractivity contribution is 0.400. The second-order valence-corrected chi connectivity index (χ2v) is 7.39. The molecule has 6 heteroatoms. The molecule has 4 nitrogen and oxygen atoms in total. The van der Waals surface area contributed by atoms with Gasteiger partial charge in [0.25, 0.3) is 0 Å². The molecule has 0 spiro atoms. The van der Waals surface area contributed by atoms with Crippen LogP contribution in [0.3, 0.4) is 0 Å². The Morgan fingerprint density at radius 3 is 2.50 bits per heavy atom. The molecule has 2 aliphatic carbocycles. The summed E-state index contributed by atoms with van der Waals surface area (Å²) in [5.74, 6) is 3.79. The Morgan fingerprint density at radius 2 is 2.00 bits per heavy atom. The van der Waals surface area contributed by atoms with Crippen molar-refractivity contribution in [1.29, 1.82) is 0 Å². The number of halogens is 1. The molecule has 2 fully saturated rings. The molecular weight excluding hydrogens is 407 g/mol. The monoisotopic (exact) mass is 434 g/mol. The number of nitrogens with one attached hydrogen (secondary N) is 2. The van der Waals surface area contributed by atoms with E-state index in [1.54, 1.807) is 11.3 Å². The Morgan fingerprint density at radius 1 is 1.32 bits per heavy atom. The molecular formula is C16H27IN4S. The van der Waals surface area contributed by atoms with E-state index in [0.29, 0.717) is 0 Å². The van der Waals surface area contributed by atoms with Gasteiger partial charge in [-0.2, -0.15) is 0 Å². The number of thiazole rings is 1. The number of aromatic nitrogens is 1. The molecule has 1 heterocycles. The van der Waals surface area contributed by atoms with Crippen LogP contribution in [0.25, 0.3) is 0 Å². The van der Waals surface area contributed by atoms with Crippen LogP contribution < -0.4 is 10.6 Å². The topological polar surface area (TPSA) is 49.3 Å². The van der Waals surface area contributed by atoms with Crippen LogP contribution in [0.1, 0.15) is 36.4 Å². The van der Waals surface area contributed by atoms with Crippen LogP contribution in [0.15, 0.2) is 10.4 Å². The third kappa shape index (κ3) is 5.37. The molecule has 2 N–H and O–H groups in total. The maximum atomic E-state index is 4.49. The van der Waals surface area contributed by atoms with E-state index < -0.39 is 0 Å². The van der Waals surface area contributed by atoms with Gasteiger partial charge in [-0.1, -0.05) is 0 Å². The first-order valence-electron chi connectivity index (χ1n) is 8.12. The highest BCUT2D eigenvalue weighted by atomic mass is 127. The van der Waals surface area contributed by atoms with Crippen molar-refractivity contribution in [3.8, 4) is 0 Å². The van der Waals surface area contributed by atoms with Crippen molar-refractivity contribution in [1.82, 2.24) is 15.6 Å². The first-order chi connectivity index (χ1) is 10.3. The Bertz CT molecular complexity index is 482. The van der Waals surface area contributed by atoms with Crippen LogP contribution in [0.4, 0.5) is 0 Å². The van der Waals surface area contributed by atoms with Crippen molar-refractivity contribution in [3.63, 3.8) is 0 Å². The summed E-state index contributed by atoms with van der Waals surface area (Å²) in [6.07, 6.45) is 6.73. The van der Waals surface area contributed by atoms with Gasteiger partial charge in [0.05, 0.1) is 10.7 Å². The number of hydrogen-bond acceptors (Lipinski definition) is 3. The average Bonchev–Trinajstić information content (AvgIpc) is 3.38. The van der Waals surface area contributed by atoms with Crippen molar-refractivity contribution >= 4 is 41.3 Å². The third-order valence-electron chi connectivity index (χ3n) is 4.52. The molecule has 0 saturated heterocycles. The summed E-state index contributed by atoms with van der Waals surface area (Å²) < 4.78 is 0. The van der Waals surface area contributed by atoms with Crippen LogP contribution >= 0.6 is 35.3 Å². The van der Waals surface area contributed by atoms with E-state index in [2.05, 4.69) is 32.9 Å². The zero-order valence-corrected chi connectivity index (χ0v) is 16.6. The quantitative estimate of drug-likeness (QED) is 0.394. The molecule has 0 amide bonds. The Kier molecular flexibility index (Phi) is 6.92. The average molecular weight is 434 g/mol. The predicted molar refractivity (Wildman–Crippen MR) is 104 cm³/mol. The standard InChI is InChI=1S/C16H26N4S.HI/c1-11-20-14(10-21-11)7-8-18-16(17-2)19-9-15(12-3-4-12)13-5-6-13;/h10,12-13,15H,3-9H2,1-2H3,(H2,17,18,19);1H. The SMILES string of the molecule is CN=C(NCCc1csc(C)n1)NCC(C1CC1)C1CC1.I. The number of aliphatic imine (C=N–C) groups is 1. The highest BCUT2D eigenvalue weighted by Crippen LogP contribution is 2.48. The zero-order chi connectivity index (χ0) is 14.7. The summed E-state index contributed by atoms with van der Waals surface area (Å²) in [7, 11) is 1.85. The van der Waals surface area contributed by atoms with Gasteiger partial charge in [-0.05, 0) is 50.4 Å². The van der Waals surface area contributed by atoms with Gasteiger partial charge in [0.2, 0.25) is 0 Å². The van der Waals surface area contributed by atoms with E-state index >= 15 is 0 Å². The normalized spacial score (nSPS) is 18.2. The lowest BCUT2D eigenvalue weighted by Gasteiger charge is -2.18. The summed E-state index contributed by atoms with van der Waals surface area (Å²) in [6.45, 7) is 4.03. The fourth-order valence-corrected chi connectivity index (χ4v) is 3.68. The summed E-state index contributed by atoms with van der Waals surface area (Å²) in [4.78, 5) is 8.82. The highest BCUT2D eigenvalue weighted by molar-refractivity contribution is 14.0. The molecule has 2 aliphatic rings. The van der Waals surface area contributed by atoms with Crippen molar-refractivity contribution in [2.75, 3.05) is 20.1 Å². The summed E-state index contributed by atoms with van der Waals surface area (Å²) in [6, 6.07) is 0. The summed E-state index contributed by atoms with van der Waals surface area (Å²) >= 11 is 1.72. The van der Waals surface area contributed by atoms with E-state index in [1.165, 1.54) is 31.4 Å². The Hall–Kier alpha value is -0.370. The van der Waals surface area contributed by atoms with Gasteiger partial charge in [0.15, 0.2) is 5.96 Å². The van der Waals surface area contributed by atoms with Gasteiger partial charge in [0, 0.05) is 31.9 Å². The predicted octanol–water partition coefficient (Wildman–Crippen LogP) is 3.21. The maximum absolute atomic E-state index is 4.49. The minimum absolute atomic E-state index is 0. The van der Waals surface area contributed by atoms with E-state index in [0.717, 1.165) is 48.2 Å². The van der Waals surface area contributed by atoms with Crippen LogP contribution in [-0.2, 0) is 6.42 Å². The number of guanidine groups is 1. The van der Waals surface area contributed by atoms with Gasteiger partial charge in [0.1, 0.15) is 0 Å². The number of hydrogen-bond donors (Lipinski definition) is 2. The van der Waals surface area contributed by atoms with Gasteiger partial charge in [-0.25, -0.2) is 4.98 Å². The molecule has 0 aliphatic heterocycles. The zero-order valence-electron chi connectivity index (χ0n) is 13.5. The molecule has 22 heavy (non-hydrogen) atoms. The maximum Gasteiger partial charge on any atom is 0.190 e. The minimum atomic E-state index is 0. The van der Waals surface area contributed by atoms with E-state index in [1.807, 2.05) is 7.05 Å². The summed E-state index contributed by atoms with van der Waals surface area (Å²) in [5, 5.41) is 10.2. The minimum Gasteiger partial charge on any atom is -0.356 e. The Balaban J connectivity index is 0.00000176. The van der Waals surface area contributed by atoms with Gasteiger partial charge in [-0.3, -0.25) is 4.99 Å². The number of aryl methyl sites for hydroxylation is 1. The molecule has 0 unspecified atom stereocenters. The molecule has 0 atom stereocenters. The van der Waals surface area contributed by atoms with Gasteiger partial charge >= 0.3 is 0 Å². The molecule has 1 aromatic heterocycles. The van der Waals surface area contributed by atoms with Crippen LogP contribution in [0.5, 0.6) is 0 Å². The molecule has 0 aromatic carbocycles. The molecule has 3 rings (SSSR count). The first-order valence-corrected chi connectivity index (χ1v) is 8.99. The van der Waals surface area contributed by atoms with E-state index in [9.17, 15) is 0 Å². The molecule has 0 bridgehead atoms. The van der Waals surface area contributed by atoms with E-state index in [4.69, 9.17) is 0 Å². The van der Waals surface area contributed by atoms with E-state index in [-0.39, 0.29) is 24.0 Å². The van der Waals surface area contributed by atoms with Crippen LogP contribution in [-0.4, -0.2) is 31.1 Å². The fraction of sp³-hybridized carbons (Fsp3) is 0.750. The highest BCUT2D eigenvalue weighted by Gasteiger charge is 2.41. The fourth-order valence-electron chi connectivity index (χ4n) is 3.03.